The summed E-state index contributed by atoms with van der Waals surface area (Å²) in [7, 11) is 0. The zero-order valence-corrected chi connectivity index (χ0v) is 12.7. The van der Waals surface area contributed by atoms with Gasteiger partial charge in [0.1, 0.15) is 5.69 Å². The number of carbonyl (C=O) groups excluding carboxylic acids is 1. The van der Waals surface area contributed by atoms with E-state index in [-0.39, 0.29) is 11.2 Å². The highest BCUT2D eigenvalue weighted by Crippen LogP contribution is 2.12. The van der Waals surface area contributed by atoms with E-state index in [0.29, 0.717) is 17.2 Å². The highest BCUT2D eigenvalue weighted by Gasteiger charge is 2.13. The molecule has 0 saturated carbocycles. The quantitative estimate of drug-likeness (QED) is 0.779. The number of fused-ring (bicyclic) bond motifs is 1. The summed E-state index contributed by atoms with van der Waals surface area (Å²) < 4.78 is 1.42. The van der Waals surface area contributed by atoms with E-state index in [1.165, 1.54) is 15.7 Å². The van der Waals surface area contributed by atoms with Gasteiger partial charge in [0.15, 0.2) is 4.96 Å². The maximum Gasteiger partial charge on any atom is 0.319 e. The lowest BCUT2D eigenvalue weighted by molar-refractivity contribution is 0.251. The molecule has 2 amide bonds. The van der Waals surface area contributed by atoms with Gasteiger partial charge in [0.25, 0.3) is 5.56 Å². The van der Waals surface area contributed by atoms with E-state index in [0.717, 1.165) is 5.56 Å². The van der Waals surface area contributed by atoms with Crippen LogP contribution in [0.1, 0.15) is 11.3 Å². The van der Waals surface area contributed by atoms with Crippen molar-refractivity contribution in [3.63, 3.8) is 0 Å². The number of rotatable bonds is 3. The van der Waals surface area contributed by atoms with Gasteiger partial charge in [-0.25, -0.2) is 9.78 Å². The molecule has 0 bridgehead atoms. The topological polar surface area (TPSA) is 75.5 Å². The second-order valence-corrected chi connectivity index (χ2v) is 5.60. The third-order valence-corrected chi connectivity index (χ3v) is 3.94. The van der Waals surface area contributed by atoms with E-state index < -0.39 is 6.03 Å². The van der Waals surface area contributed by atoms with Crippen molar-refractivity contribution < 1.29 is 4.79 Å². The van der Waals surface area contributed by atoms with Crippen LogP contribution < -0.4 is 16.2 Å². The van der Waals surface area contributed by atoms with Crippen molar-refractivity contribution >= 4 is 28.0 Å². The molecule has 3 aromatic rings. The van der Waals surface area contributed by atoms with Gasteiger partial charge in [-0.15, -0.1) is 11.3 Å². The minimum absolute atomic E-state index is 0.196. The highest BCUT2D eigenvalue weighted by atomic mass is 32.1. The average molecular weight is 314 g/mol. The molecule has 0 radical (unpaired) electrons. The van der Waals surface area contributed by atoms with Crippen LogP contribution in [-0.2, 0) is 6.54 Å². The summed E-state index contributed by atoms with van der Waals surface area (Å²) in [4.78, 5) is 29.2. The van der Waals surface area contributed by atoms with Gasteiger partial charge in [-0.05, 0) is 12.5 Å². The van der Waals surface area contributed by atoms with Gasteiger partial charge in [-0.3, -0.25) is 9.20 Å². The zero-order chi connectivity index (χ0) is 15.5. The normalized spacial score (nSPS) is 10.6. The Morgan fingerprint density at radius 3 is 2.86 bits per heavy atom. The number of aryl methyl sites for hydroxylation is 1. The van der Waals surface area contributed by atoms with Crippen LogP contribution in [0.2, 0.25) is 0 Å². The molecule has 7 heteroatoms. The molecule has 3 rings (SSSR count). The lowest BCUT2D eigenvalue weighted by Crippen LogP contribution is -2.32. The summed E-state index contributed by atoms with van der Waals surface area (Å²) in [6.45, 7) is 2.09. The van der Waals surface area contributed by atoms with Crippen molar-refractivity contribution in [1.82, 2.24) is 14.7 Å². The Morgan fingerprint density at radius 2 is 2.09 bits per heavy atom. The summed E-state index contributed by atoms with van der Waals surface area (Å²) in [5.41, 5.74) is 1.40. The Bertz CT molecular complexity index is 870. The standard InChI is InChI=1S/C15H14N4O2S/c1-10-12(13(20)19-7-8-22-15(19)17-10)18-14(21)16-9-11-5-3-2-4-6-11/h2-8H,9H2,1H3,(H2,16,18,21). The lowest BCUT2D eigenvalue weighted by atomic mass is 10.2. The van der Waals surface area contributed by atoms with Crippen LogP contribution in [0, 0.1) is 6.92 Å². The van der Waals surface area contributed by atoms with Gasteiger partial charge in [-0.2, -0.15) is 0 Å². The predicted octanol–water partition coefficient (Wildman–Crippen LogP) is 2.39. The summed E-state index contributed by atoms with van der Waals surface area (Å²) in [6, 6.07) is 9.12. The summed E-state index contributed by atoms with van der Waals surface area (Å²) >= 11 is 1.37. The number of nitrogens with zero attached hydrogens (tertiary/aromatic N) is 2. The number of nitrogens with one attached hydrogen (secondary N) is 2. The maximum absolute atomic E-state index is 12.3. The van der Waals surface area contributed by atoms with E-state index in [4.69, 9.17) is 0 Å². The number of carbonyl (C=O) groups is 1. The molecule has 2 aromatic heterocycles. The molecular formula is C15H14N4O2S. The van der Waals surface area contributed by atoms with Crippen molar-refractivity contribution in [3.05, 3.63) is 63.5 Å². The number of hydrogen-bond donors (Lipinski definition) is 2. The third kappa shape index (κ3) is 2.84. The SMILES string of the molecule is Cc1nc2sccn2c(=O)c1NC(=O)NCc1ccccc1. The smallest absolute Gasteiger partial charge is 0.319 e. The fourth-order valence-corrected chi connectivity index (χ4v) is 2.81. The minimum atomic E-state index is -0.430. The van der Waals surface area contributed by atoms with Crippen LogP contribution in [0.25, 0.3) is 4.96 Å². The number of hydrogen-bond acceptors (Lipinski definition) is 4. The number of benzene rings is 1. The van der Waals surface area contributed by atoms with E-state index in [1.54, 1.807) is 18.5 Å². The van der Waals surface area contributed by atoms with Crippen molar-refractivity contribution in [3.8, 4) is 0 Å². The first-order chi connectivity index (χ1) is 10.6. The average Bonchev–Trinajstić information content (AvgIpc) is 2.99. The fraction of sp³-hybridized carbons (Fsp3) is 0.133. The van der Waals surface area contributed by atoms with Crippen LogP contribution in [0.4, 0.5) is 10.5 Å². The second-order valence-electron chi connectivity index (χ2n) is 4.73. The molecule has 0 aliphatic rings. The van der Waals surface area contributed by atoms with Gasteiger partial charge < -0.3 is 10.6 Å². The lowest BCUT2D eigenvalue weighted by Gasteiger charge is -2.09. The Hall–Kier alpha value is -2.67. The van der Waals surface area contributed by atoms with Gasteiger partial charge in [0.2, 0.25) is 0 Å². The van der Waals surface area contributed by atoms with Crippen LogP contribution in [0.5, 0.6) is 0 Å². The summed E-state index contributed by atoms with van der Waals surface area (Å²) in [6.07, 6.45) is 1.64. The molecular weight excluding hydrogens is 300 g/mol. The fourth-order valence-electron chi connectivity index (χ4n) is 2.06. The number of aromatic nitrogens is 2. The van der Waals surface area contributed by atoms with Gasteiger partial charge >= 0.3 is 6.03 Å². The Kier molecular flexibility index (Phi) is 3.88. The van der Waals surface area contributed by atoms with Crippen LogP contribution in [0.3, 0.4) is 0 Å². The molecule has 0 fully saturated rings. The van der Waals surface area contributed by atoms with Crippen molar-refractivity contribution in [2.45, 2.75) is 13.5 Å². The first-order valence-corrected chi connectivity index (χ1v) is 7.58. The van der Waals surface area contributed by atoms with Gasteiger partial charge in [0.05, 0.1) is 5.69 Å². The van der Waals surface area contributed by atoms with E-state index in [1.807, 2.05) is 30.3 Å². The third-order valence-electron chi connectivity index (χ3n) is 3.18. The first kappa shape index (κ1) is 14.3. The van der Waals surface area contributed by atoms with E-state index in [2.05, 4.69) is 15.6 Å². The van der Waals surface area contributed by atoms with Crippen LogP contribution in [-0.4, -0.2) is 15.4 Å². The molecule has 22 heavy (non-hydrogen) atoms. The maximum atomic E-state index is 12.3. The molecule has 6 nitrogen and oxygen atoms in total. The molecule has 0 atom stereocenters. The van der Waals surface area contributed by atoms with Crippen LogP contribution in [0.15, 0.2) is 46.7 Å². The molecule has 0 aliphatic carbocycles. The molecule has 2 N–H and O–H groups in total. The number of urea groups is 1. The van der Waals surface area contributed by atoms with E-state index in [9.17, 15) is 9.59 Å². The van der Waals surface area contributed by atoms with Crippen molar-refractivity contribution in [2.75, 3.05) is 5.32 Å². The largest absolute Gasteiger partial charge is 0.334 e. The number of amides is 2. The molecule has 0 spiro atoms. The molecule has 1 aromatic carbocycles. The molecule has 2 heterocycles. The van der Waals surface area contributed by atoms with Gasteiger partial charge in [0, 0.05) is 18.1 Å². The molecule has 112 valence electrons. The van der Waals surface area contributed by atoms with Crippen molar-refractivity contribution in [2.24, 2.45) is 0 Å². The predicted molar refractivity (Wildman–Crippen MR) is 86.4 cm³/mol. The van der Waals surface area contributed by atoms with Crippen LogP contribution >= 0.6 is 11.3 Å². The first-order valence-electron chi connectivity index (χ1n) is 6.70. The minimum Gasteiger partial charge on any atom is -0.334 e. The highest BCUT2D eigenvalue weighted by molar-refractivity contribution is 7.15. The van der Waals surface area contributed by atoms with E-state index >= 15 is 0 Å². The van der Waals surface area contributed by atoms with Gasteiger partial charge in [-0.1, -0.05) is 30.3 Å². The molecule has 0 unspecified atom stereocenters. The monoisotopic (exact) mass is 314 g/mol. The Morgan fingerprint density at radius 1 is 1.32 bits per heavy atom. The summed E-state index contributed by atoms with van der Waals surface area (Å²) in [5.74, 6) is 0. The Balaban J connectivity index is 1.75. The zero-order valence-electron chi connectivity index (χ0n) is 11.9. The summed E-state index contributed by atoms with van der Waals surface area (Å²) in [5, 5.41) is 7.09. The second kappa shape index (κ2) is 5.98. The molecule has 0 aliphatic heterocycles. The van der Waals surface area contributed by atoms with Crippen molar-refractivity contribution in [1.29, 1.82) is 0 Å². The Labute approximate surface area is 130 Å². The molecule has 0 saturated heterocycles. The number of anilines is 1. The number of thiazole rings is 1.